The molecule has 3 heterocycles. The summed E-state index contributed by atoms with van der Waals surface area (Å²) in [5.74, 6) is -0.415. The van der Waals surface area contributed by atoms with Gasteiger partial charge in [0.2, 0.25) is 5.91 Å². The second kappa shape index (κ2) is 11.1. The highest BCUT2D eigenvalue weighted by Gasteiger charge is 2.20. The van der Waals surface area contributed by atoms with Crippen molar-refractivity contribution in [3.05, 3.63) is 41.3 Å². The summed E-state index contributed by atoms with van der Waals surface area (Å²) in [5.41, 5.74) is 7.85. The highest BCUT2D eigenvalue weighted by atomic mass is 35.5. The van der Waals surface area contributed by atoms with Gasteiger partial charge >= 0.3 is 0 Å². The van der Waals surface area contributed by atoms with E-state index in [2.05, 4.69) is 31.4 Å². The van der Waals surface area contributed by atoms with Crippen molar-refractivity contribution < 1.29 is 9.59 Å². The molecule has 0 bridgehead atoms. The van der Waals surface area contributed by atoms with Crippen molar-refractivity contribution >= 4 is 34.7 Å². The quantitative estimate of drug-likeness (QED) is 0.519. The molecule has 2 amide bonds. The number of pyridine rings is 1. The van der Waals surface area contributed by atoms with Crippen molar-refractivity contribution in [3.63, 3.8) is 0 Å². The Labute approximate surface area is 198 Å². The molecule has 4 N–H and O–H groups in total. The van der Waals surface area contributed by atoms with Crippen LogP contribution in [0, 0.1) is 0 Å². The zero-order valence-electron chi connectivity index (χ0n) is 19.1. The van der Waals surface area contributed by atoms with Gasteiger partial charge in [0.15, 0.2) is 5.65 Å². The first-order chi connectivity index (χ1) is 15.7. The van der Waals surface area contributed by atoms with Crippen LogP contribution < -0.4 is 16.4 Å². The molecule has 1 saturated carbocycles. The van der Waals surface area contributed by atoms with Crippen molar-refractivity contribution in [1.29, 1.82) is 0 Å². The number of hydrogen-bond acceptors (Lipinski definition) is 6. The molecule has 0 atom stereocenters. The van der Waals surface area contributed by atoms with Gasteiger partial charge in [0.25, 0.3) is 5.91 Å². The zero-order chi connectivity index (χ0) is 24.0. The lowest BCUT2D eigenvalue weighted by atomic mass is 9.95. The molecule has 176 valence electrons. The Kier molecular flexibility index (Phi) is 8.21. The van der Waals surface area contributed by atoms with Crippen LogP contribution in [0.3, 0.4) is 0 Å². The van der Waals surface area contributed by atoms with Crippen LogP contribution in [0.4, 0.5) is 5.69 Å². The minimum Gasteiger partial charge on any atom is -0.382 e. The number of amides is 2. The Hall–Kier alpha value is -3.20. The molecular formula is C23H30ClN7O2. The number of fused-ring (bicyclic) bond motifs is 1. The second-order valence-corrected chi connectivity index (χ2v) is 8.86. The van der Waals surface area contributed by atoms with E-state index in [0.717, 1.165) is 24.2 Å². The number of aromatic nitrogens is 4. The molecular weight excluding hydrogens is 442 g/mol. The van der Waals surface area contributed by atoms with E-state index in [1.807, 2.05) is 19.9 Å². The van der Waals surface area contributed by atoms with Gasteiger partial charge in [-0.15, -0.1) is 0 Å². The third-order valence-electron chi connectivity index (χ3n) is 5.12. The third-order valence-corrected chi connectivity index (χ3v) is 5.33. The number of halogens is 1. The molecule has 0 unspecified atom stereocenters. The van der Waals surface area contributed by atoms with Gasteiger partial charge in [-0.3, -0.25) is 14.6 Å². The van der Waals surface area contributed by atoms with Crippen molar-refractivity contribution in [1.82, 2.24) is 24.9 Å². The first kappa shape index (κ1) is 24.4. The monoisotopic (exact) mass is 471 g/mol. The minimum atomic E-state index is -0.333. The summed E-state index contributed by atoms with van der Waals surface area (Å²) in [6, 6.07) is 4.05. The Morgan fingerprint density at radius 2 is 1.82 bits per heavy atom. The molecule has 0 aliphatic heterocycles. The van der Waals surface area contributed by atoms with Crippen LogP contribution in [0.15, 0.2) is 30.7 Å². The molecule has 3 aromatic rings. The number of anilines is 1. The summed E-state index contributed by atoms with van der Waals surface area (Å²) in [6.45, 7) is 5.39. The zero-order valence-corrected chi connectivity index (χ0v) is 19.9. The van der Waals surface area contributed by atoms with Gasteiger partial charge in [-0.2, -0.15) is 5.10 Å². The highest BCUT2D eigenvalue weighted by Crippen LogP contribution is 2.26. The minimum absolute atomic E-state index is 0.0813. The van der Waals surface area contributed by atoms with Gasteiger partial charge in [0, 0.05) is 31.3 Å². The average Bonchev–Trinajstić information content (AvgIpc) is 3.16. The molecule has 33 heavy (non-hydrogen) atoms. The summed E-state index contributed by atoms with van der Waals surface area (Å²) in [7, 11) is 0. The first-order valence-electron chi connectivity index (χ1n) is 11.1. The number of nitrogens with one attached hydrogen (secondary N) is 2. The van der Waals surface area contributed by atoms with E-state index >= 15 is 0 Å². The summed E-state index contributed by atoms with van der Waals surface area (Å²) < 4.78 is 1.69. The predicted octanol–water partition coefficient (Wildman–Crippen LogP) is 3.82. The largest absolute Gasteiger partial charge is 0.382 e. The Morgan fingerprint density at radius 3 is 2.48 bits per heavy atom. The van der Waals surface area contributed by atoms with Crippen LogP contribution >= 0.6 is 11.6 Å². The van der Waals surface area contributed by atoms with Gasteiger partial charge in [-0.1, -0.05) is 30.9 Å². The van der Waals surface area contributed by atoms with Gasteiger partial charge in [-0.05, 0) is 32.8 Å². The maximum absolute atomic E-state index is 12.9. The fourth-order valence-electron chi connectivity index (χ4n) is 3.74. The standard InChI is InChI=1S/C21H25ClN6O.C2H5NO/c1-13(2)26-17-9-18(19-12-24-20-8-14(22)10-25-28(19)20)23-11-16(17)21(29)27-15-6-4-3-5-7-15;1-2(3)4/h8-13,15H,3-7H2,1-2H3,(H,23,26)(H,27,29);1H3,(H2,3,4). The molecule has 1 aliphatic carbocycles. The van der Waals surface area contributed by atoms with Gasteiger partial charge in [-0.25, -0.2) is 9.50 Å². The number of carbonyl (C=O) groups is 2. The smallest absolute Gasteiger partial charge is 0.255 e. The Balaban J connectivity index is 0.000000709. The van der Waals surface area contributed by atoms with E-state index < -0.39 is 0 Å². The van der Waals surface area contributed by atoms with Crippen molar-refractivity contribution in [2.24, 2.45) is 5.73 Å². The van der Waals surface area contributed by atoms with Crippen LogP contribution in [0.1, 0.15) is 63.2 Å². The molecule has 9 nitrogen and oxygen atoms in total. The maximum Gasteiger partial charge on any atom is 0.255 e. The molecule has 0 spiro atoms. The van der Waals surface area contributed by atoms with Crippen molar-refractivity contribution in [2.75, 3.05) is 5.32 Å². The Bertz CT molecular complexity index is 1120. The van der Waals surface area contributed by atoms with Crippen LogP contribution in [-0.2, 0) is 4.79 Å². The SMILES string of the molecule is CC(C)Nc1cc(-c2cnc3cc(Cl)cnn23)ncc1C(=O)NC1CCCCC1.CC(N)=O. The number of nitrogens with zero attached hydrogens (tertiary/aromatic N) is 4. The molecule has 10 heteroatoms. The number of primary amides is 1. The normalized spacial score (nSPS) is 14.0. The van der Waals surface area contributed by atoms with Crippen LogP contribution in [0.5, 0.6) is 0 Å². The first-order valence-corrected chi connectivity index (χ1v) is 11.5. The lowest BCUT2D eigenvalue weighted by Gasteiger charge is -2.23. The summed E-state index contributed by atoms with van der Waals surface area (Å²) in [6.07, 6.45) is 10.6. The average molecular weight is 472 g/mol. The number of rotatable bonds is 5. The summed E-state index contributed by atoms with van der Waals surface area (Å²) in [4.78, 5) is 31.0. The lowest BCUT2D eigenvalue weighted by Crippen LogP contribution is -2.36. The molecule has 0 saturated heterocycles. The highest BCUT2D eigenvalue weighted by molar-refractivity contribution is 6.30. The molecule has 0 radical (unpaired) electrons. The van der Waals surface area contributed by atoms with Crippen LogP contribution in [-0.4, -0.2) is 43.5 Å². The fourth-order valence-corrected chi connectivity index (χ4v) is 3.89. The Morgan fingerprint density at radius 1 is 1.12 bits per heavy atom. The van der Waals surface area contributed by atoms with E-state index in [1.165, 1.54) is 26.2 Å². The van der Waals surface area contributed by atoms with E-state index in [1.54, 1.807) is 29.2 Å². The number of nitrogens with two attached hydrogens (primary N) is 1. The summed E-state index contributed by atoms with van der Waals surface area (Å²) >= 11 is 6.01. The van der Waals surface area contributed by atoms with E-state index in [-0.39, 0.29) is 23.9 Å². The van der Waals surface area contributed by atoms with Gasteiger partial charge in [0.05, 0.1) is 34.4 Å². The third kappa shape index (κ3) is 6.64. The molecule has 0 aromatic carbocycles. The van der Waals surface area contributed by atoms with Crippen molar-refractivity contribution in [2.45, 2.75) is 65.0 Å². The van der Waals surface area contributed by atoms with Crippen molar-refractivity contribution in [3.8, 4) is 11.4 Å². The fraction of sp³-hybridized carbons (Fsp3) is 0.435. The number of carbonyl (C=O) groups excluding carboxylic acids is 2. The topological polar surface area (TPSA) is 127 Å². The predicted molar refractivity (Wildman–Crippen MR) is 129 cm³/mol. The van der Waals surface area contributed by atoms with Gasteiger partial charge in [0.1, 0.15) is 5.69 Å². The second-order valence-electron chi connectivity index (χ2n) is 8.42. The van der Waals surface area contributed by atoms with Crippen LogP contribution in [0.2, 0.25) is 5.02 Å². The molecule has 1 fully saturated rings. The maximum atomic E-state index is 12.9. The number of imidazole rings is 1. The van der Waals surface area contributed by atoms with Crippen LogP contribution in [0.25, 0.3) is 17.0 Å². The molecule has 4 rings (SSSR count). The lowest BCUT2D eigenvalue weighted by molar-refractivity contribution is -0.115. The number of hydrogen-bond donors (Lipinski definition) is 3. The summed E-state index contributed by atoms with van der Waals surface area (Å²) in [5, 5.41) is 11.4. The van der Waals surface area contributed by atoms with Gasteiger partial charge < -0.3 is 16.4 Å². The van der Waals surface area contributed by atoms with E-state index in [0.29, 0.717) is 21.9 Å². The molecule has 3 aromatic heterocycles. The van der Waals surface area contributed by atoms with E-state index in [4.69, 9.17) is 11.6 Å². The van der Waals surface area contributed by atoms with E-state index in [9.17, 15) is 9.59 Å². The molecule has 1 aliphatic rings.